The van der Waals surface area contributed by atoms with E-state index in [1.54, 1.807) is 0 Å². The van der Waals surface area contributed by atoms with Crippen molar-refractivity contribution in [2.24, 2.45) is 5.41 Å². The molecule has 0 saturated heterocycles. The Morgan fingerprint density at radius 1 is 1.65 bits per heavy atom. The summed E-state index contributed by atoms with van der Waals surface area (Å²) in [7, 11) is 0. The van der Waals surface area contributed by atoms with Gasteiger partial charge in [0.2, 0.25) is 0 Å². The zero-order valence-electron chi connectivity index (χ0n) is 9.86. The second kappa shape index (κ2) is 4.24. The van der Waals surface area contributed by atoms with Gasteiger partial charge in [-0.25, -0.2) is 9.78 Å². The van der Waals surface area contributed by atoms with Crippen LogP contribution in [0.1, 0.15) is 36.5 Å². The summed E-state index contributed by atoms with van der Waals surface area (Å²) in [6, 6.07) is 1.43. The first-order valence-electron chi connectivity index (χ1n) is 5.79. The van der Waals surface area contributed by atoms with Crippen LogP contribution >= 0.6 is 0 Å². The minimum Gasteiger partial charge on any atom is -0.478 e. The average molecular weight is 235 g/mol. The van der Waals surface area contributed by atoms with Gasteiger partial charge in [-0.2, -0.15) is 0 Å². The van der Waals surface area contributed by atoms with Crippen LogP contribution in [0.3, 0.4) is 0 Å². The lowest BCUT2D eigenvalue weighted by atomic mass is 10.0. The summed E-state index contributed by atoms with van der Waals surface area (Å²) < 4.78 is 0. The number of carboxylic acids is 1. The number of carbonyl (C=O) groups is 1. The molecule has 1 saturated carbocycles. The fourth-order valence-electron chi connectivity index (χ4n) is 1.89. The maximum atomic E-state index is 11.0. The number of hydrogen-bond acceptors (Lipinski definition) is 4. The molecule has 0 bridgehead atoms. The highest BCUT2D eigenvalue weighted by molar-refractivity contribution is 5.94. The lowest BCUT2D eigenvalue weighted by Crippen LogP contribution is -2.17. The smallest absolute Gasteiger partial charge is 0.339 e. The van der Waals surface area contributed by atoms with Crippen molar-refractivity contribution >= 4 is 17.5 Å². The summed E-state index contributed by atoms with van der Waals surface area (Å²) >= 11 is 0. The maximum Gasteiger partial charge on any atom is 0.339 e. The van der Waals surface area contributed by atoms with Crippen LogP contribution in [0.2, 0.25) is 0 Å². The quantitative estimate of drug-likeness (QED) is 0.726. The molecule has 0 unspecified atom stereocenters. The number of nitrogens with two attached hydrogens (primary N) is 1. The zero-order chi connectivity index (χ0) is 12.5. The molecule has 1 fully saturated rings. The van der Waals surface area contributed by atoms with E-state index in [0.29, 0.717) is 16.9 Å². The van der Waals surface area contributed by atoms with Crippen LogP contribution in [0, 0.1) is 5.41 Å². The number of hydrogen-bond donors (Lipinski definition) is 3. The molecule has 0 aromatic carbocycles. The molecule has 0 radical (unpaired) electrons. The summed E-state index contributed by atoms with van der Waals surface area (Å²) in [6.07, 6.45) is 4.99. The summed E-state index contributed by atoms with van der Waals surface area (Å²) in [6.45, 7) is 2.93. The molecule has 1 aromatic heterocycles. The van der Waals surface area contributed by atoms with E-state index in [2.05, 4.69) is 17.2 Å². The second-order valence-corrected chi connectivity index (χ2v) is 4.68. The van der Waals surface area contributed by atoms with E-state index in [1.807, 2.05) is 0 Å². The number of nitrogens with one attached hydrogen (secondary N) is 1. The third kappa shape index (κ3) is 2.49. The van der Waals surface area contributed by atoms with Gasteiger partial charge < -0.3 is 16.2 Å². The Labute approximate surface area is 100 Å². The van der Waals surface area contributed by atoms with Crippen molar-refractivity contribution in [3.63, 3.8) is 0 Å². The van der Waals surface area contributed by atoms with Gasteiger partial charge in [-0.1, -0.05) is 6.92 Å². The molecule has 17 heavy (non-hydrogen) atoms. The van der Waals surface area contributed by atoms with Crippen molar-refractivity contribution in [2.75, 3.05) is 17.6 Å². The second-order valence-electron chi connectivity index (χ2n) is 4.68. The maximum absolute atomic E-state index is 11.0. The number of pyridine rings is 1. The first-order chi connectivity index (χ1) is 8.06. The molecule has 0 aliphatic heterocycles. The highest BCUT2D eigenvalue weighted by atomic mass is 16.4. The monoisotopic (exact) mass is 235 g/mol. The predicted octanol–water partition coefficient (Wildman–Crippen LogP) is 1.96. The van der Waals surface area contributed by atoms with Crippen LogP contribution in [0.15, 0.2) is 12.3 Å². The lowest BCUT2D eigenvalue weighted by Gasteiger charge is -2.15. The molecule has 92 valence electrons. The Morgan fingerprint density at radius 2 is 2.35 bits per heavy atom. The summed E-state index contributed by atoms with van der Waals surface area (Å²) in [4.78, 5) is 15.1. The number of carboxylic acid groups (broad SMARTS) is 1. The Balaban J connectivity index is 2.12. The van der Waals surface area contributed by atoms with E-state index in [0.717, 1.165) is 13.0 Å². The zero-order valence-corrected chi connectivity index (χ0v) is 9.86. The summed E-state index contributed by atoms with van der Waals surface area (Å²) in [5, 5.41) is 12.2. The third-order valence-corrected chi connectivity index (χ3v) is 3.48. The number of rotatable bonds is 5. The molecule has 0 atom stereocenters. The van der Waals surface area contributed by atoms with Crippen molar-refractivity contribution in [3.05, 3.63) is 17.8 Å². The molecular weight excluding hydrogens is 218 g/mol. The highest BCUT2D eigenvalue weighted by Crippen LogP contribution is 2.48. The van der Waals surface area contributed by atoms with Gasteiger partial charge in [0, 0.05) is 6.54 Å². The van der Waals surface area contributed by atoms with Crippen LogP contribution in [0.5, 0.6) is 0 Å². The minimum atomic E-state index is -1.01. The topological polar surface area (TPSA) is 88.2 Å². The first kappa shape index (κ1) is 11.7. The van der Waals surface area contributed by atoms with Crippen LogP contribution in [0.4, 0.5) is 11.5 Å². The van der Waals surface area contributed by atoms with Gasteiger partial charge >= 0.3 is 5.97 Å². The molecule has 2 rings (SSSR count). The molecule has 0 spiro atoms. The van der Waals surface area contributed by atoms with Gasteiger partial charge in [0.25, 0.3) is 0 Å². The summed E-state index contributed by atoms with van der Waals surface area (Å²) in [5.41, 5.74) is 6.38. The Morgan fingerprint density at radius 3 is 2.88 bits per heavy atom. The van der Waals surface area contributed by atoms with E-state index in [1.165, 1.54) is 25.1 Å². The van der Waals surface area contributed by atoms with E-state index in [-0.39, 0.29) is 5.56 Å². The predicted molar refractivity (Wildman–Crippen MR) is 66.1 cm³/mol. The normalized spacial score (nSPS) is 16.5. The molecule has 5 heteroatoms. The van der Waals surface area contributed by atoms with Gasteiger partial charge in [-0.15, -0.1) is 0 Å². The van der Waals surface area contributed by atoms with Crippen LogP contribution in [-0.4, -0.2) is 22.6 Å². The van der Waals surface area contributed by atoms with Crippen LogP contribution in [-0.2, 0) is 0 Å². The van der Waals surface area contributed by atoms with E-state index in [4.69, 9.17) is 10.8 Å². The van der Waals surface area contributed by atoms with Crippen molar-refractivity contribution in [3.8, 4) is 0 Å². The average Bonchev–Trinajstić information content (AvgIpc) is 3.08. The number of nitrogen functional groups attached to an aromatic ring is 1. The van der Waals surface area contributed by atoms with E-state index >= 15 is 0 Å². The molecule has 5 nitrogen and oxygen atoms in total. The number of aromatic carboxylic acids is 1. The van der Waals surface area contributed by atoms with Gasteiger partial charge in [0.05, 0.1) is 11.9 Å². The highest BCUT2D eigenvalue weighted by Gasteiger charge is 2.40. The number of aromatic nitrogens is 1. The Bertz CT molecular complexity index is 441. The first-order valence-corrected chi connectivity index (χ1v) is 5.79. The van der Waals surface area contributed by atoms with Crippen LogP contribution < -0.4 is 11.1 Å². The fourth-order valence-corrected chi connectivity index (χ4v) is 1.89. The lowest BCUT2D eigenvalue weighted by molar-refractivity contribution is 0.0697. The van der Waals surface area contributed by atoms with Gasteiger partial charge in [0.1, 0.15) is 11.4 Å². The standard InChI is InChI=1S/C12H17N3O2/c1-2-12(3-4-12)7-15-10-9(11(16)17)5-8(13)6-14-10/h5-6H,2-4,7,13H2,1H3,(H,14,15)(H,16,17). The van der Waals surface area contributed by atoms with Crippen molar-refractivity contribution in [1.29, 1.82) is 0 Å². The van der Waals surface area contributed by atoms with Crippen molar-refractivity contribution < 1.29 is 9.90 Å². The van der Waals surface area contributed by atoms with Crippen molar-refractivity contribution in [1.82, 2.24) is 4.98 Å². The van der Waals surface area contributed by atoms with Gasteiger partial charge in [0.15, 0.2) is 0 Å². The van der Waals surface area contributed by atoms with E-state index in [9.17, 15) is 4.79 Å². The third-order valence-electron chi connectivity index (χ3n) is 3.48. The molecule has 1 aliphatic rings. The van der Waals surface area contributed by atoms with E-state index < -0.39 is 5.97 Å². The largest absolute Gasteiger partial charge is 0.478 e. The van der Waals surface area contributed by atoms with Gasteiger partial charge in [-0.3, -0.25) is 0 Å². The molecule has 1 heterocycles. The molecule has 1 aromatic rings. The van der Waals surface area contributed by atoms with Gasteiger partial charge in [-0.05, 0) is 30.7 Å². The number of nitrogens with zero attached hydrogens (tertiary/aromatic N) is 1. The Hall–Kier alpha value is -1.78. The molecule has 0 amide bonds. The van der Waals surface area contributed by atoms with Crippen LogP contribution in [0.25, 0.3) is 0 Å². The Kier molecular flexibility index (Phi) is 2.92. The molecular formula is C12H17N3O2. The SMILES string of the molecule is CCC1(CNc2ncc(N)cc2C(=O)O)CC1. The van der Waals surface area contributed by atoms with Crippen molar-refractivity contribution in [2.45, 2.75) is 26.2 Å². The number of anilines is 2. The minimum absolute atomic E-state index is 0.136. The fraction of sp³-hybridized carbons (Fsp3) is 0.500. The molecule has 1 aliphatic carbocycles. The summed E-state index contributed by atoms with van der Waals surface area (Å²) in [5.74, 6) is -0.597. The molecule has 4 N–H and O–H groups in total.